The molecule has 0 radical (unpaired) electrons. The van der Waals surface area contributed by atoms with Gasteiger partial charge in [0, 0.05) is 44.9 Å². The van der Waals surface area contributed by atoms with E-state index in [1.807, 2.05) is 12.1 Å². The van der Waals surface area contributed by atoms with Crippen molar-refractivity contribution >= 4 is 56.1 Å². The molecule has 3 heteroatoms. The van der Waals surface area contributed by atoms with Gasteiger partial charge >= 0.3 is 0 Å². The highest BCUT2D eigenvalue weighted by Crippen LogP contribution is 2.70. The van der Waals surface area contributed by atoms with Gasteiger partial charge in [0.05, 0.1) is 0 Å². The van der Waals surface area contributed by atoms with E-state index in [9.17, 15) is 0 Å². The van der Waals surface area contributed by atoms with Crippen molar-refractivity contribution in [3.05, 3.63) is 206 Å². The Kier molecular flexibility index (Phi) is 7.91. The van der Waals surface area contributed by atoms with Gasteiger partial charge in [0.2, 0.25) is 0 Å². The lowest BCUT2D eigenvalue weighted by Gasteiger charge is -2.29. The second-order valence-corrected chi connectivity index (χ2v) is 17.1. The van der Waals surface area contributed by atoms with E-state index < -0.39 is 0 Å². The zero-order valence-electron chi connectivity index (χ0n) is 32.9. The first-order valence-corrected chi connectivity index (χ1v) is 21.2. The second kappa shape index (κ2) is 13.6. The third-order valence-corrected chi connectivity index (χ3v) is 14.0. The van der Waals surface area contributed by atoms with Gasteiger partial charge in [0.15, 0.2) is 0 Å². The molecule has 0 spiro atoms. The molecule has 4 saturated carbocycles. The van der Waals surface area contributed by atoms with Crippen LogP contribution in [0, 0.1) is 17.8 Å². The SMILES string of the molecule is c1ccc(N(c2ccc(-c3ccc(N(c4ccccc4)c4ccc5oc6ccccc6c5c4)cc3)cc2)c2ccc(-c3ccc(C45CC6CC4CC6C5)cc3)cc2)cc1. The van der Waals surface area contributed by atoms with Crippen LogP contribution in [0.2, 0.25) is 0 Å². The lowest BCUT2D eigenvalue weighted by atomic mass is 9.74. The van der Waals surface area contributed by atoms with E-state index >= 15 is 0 Å². The highest BCUT2D eigenvalue weighted by Gasteiger charge is 2.63. The molecule has 4 aliphatic carbocycles. The molecule has 13 rings (SSSR count). The molecular weight excluding hydrogens is 717 g/mol. The smallest absolute Gasteiger partial charge is 0.135 e. The van der Waals surface area contributed by atoms with Gasteiger partial charge < -0.3 is 14.2 Å². The molecule has 2 atom stereocenters. The van der Waals surface area contributed by atoms with Crippen LogP contribution in [0.1, 0.15) is 31.2 Å². The fourth-order valence-corrected chi connectivity index (χ4v) is 11.3. The third-order valence-electron chi connectivity index (χ3n) is 14.0. The molecule has 4 bridgehead atoms. The van der Waals surface area contributed by atoms with Crippen LogP contribution < -0.4 is 9.80 Å². The molecular formula is C56H44N2O. The molecule has 0 aliphatic heterocycles. The van der Waals surface area contributed by atoms with Gasteiger partial charge in [-0.3, -0.25) is 0 Å². The van der Waals surface area contributed by atoms with Crippen LogP contribution in [-0.2, 0) is 5.41 Å². The van der Waals surface area contributed by atoms with Gasteiger partial charge in [0.25, 0.3) is 0 Å². The van der Waals surface area contributed by atoms with Gasteiger partial charge in [0.1, 0.15) is 11.2 Å². The van der Waals surface area contributed by atoms with E-state index in [2.05, 4.69) is 198 Å². The van der Waals surface area contributed by atoms with Gasteiger partial charge in [-0.05, 0) is 162 Å². The third kappa shape index (κ3) is 5.71. The molecule has 0 amide bonds. The van der Waals surface area contributed by atoms with Crippen molar-refractivity contribution in [2.75, 3.05) is 9.80 Å². The van der Waals surface area contributed by atoms with E-state index in [1.54, 1.807) is 5.56 Å². The Morgan fingerprint density at radius 1 is 0.373 bits per heavy atom. The Labute approximate surface area is 345 Å². The number of hydrogen-bond donors (Lipinski definition) is 0. The molecule has 1 aromatic heterocycles. The maximum Gasteiger partial charge on any atom is 0.135 e. The highest BCUT2D eigenvalue weighted by atomic mass is 16.3. The summed E-state index contributed by atoms with van der Waals surface area (Å²) in [6.45, 7) is 0. The monoisotopic (exact) mass is 760 g/mol. The van der Waals surface area contributed by atoms with Crippen LogP contribution in [-0.4, -0.2) is 0 Å². The topological polar surface area (TPSA) is 19.6 Å². The van der Waals surface area contributed by atoms with E-state index in [0.717, 1.165) is 73.8 Å². The van der Waals surface area contributed by atoms with Gasteiger partial charge in [-0.1, -0.05) is 115 Å². The number of hydrogen-bond acceptors (Lipinski definition) is 3. The molecule has 4 aliphatic rings. The molecule has 9 aromatic rings. The first-order valence-electron chi connectivity index (χ1n) is 21.2. The molecule has 59 heavy (non-hydrogen) atoms. The zero-order valence-corrected chi connectivity index (χ0v) is 32.9. The normalized spacial score (nSPS) is 20.2. The predicted octanol–water partition coefficient (Wildman–Crippen LogP) is 15.5. The Morgan fingerprint density at radius 2 is 0.780 bits per heavy atom. The highest BCUT2D eigenvalue weighted by molar-refractivity contribution is 6.06. The van der Waals surface area contributed by atoms with E-state index in [0.29, 0.717) is 5.41 Å². The quantitative estimate of drug-likeness (QED) is 0.146. The van der Waals surface area contributed by atoms with Crippen molar-refractivity contribution in [3.8, 4) is 22.3 Å². The lowest BCUT2D eigenvalue weighted by Crippen LogP contribution is -2.24. The summed E-state index contributed by atoms with van der Waals surface area (Å²) in [5.74, 6) is 2.92. The molecule has 284 valence electrons. The van der Waals surface area contributed by atoms with Crippen molar-refractivity contribution in [1.29, 1.82) is 0 Å². The number of anilines is 6. The number of furan rings is 1. The number of rotatable bonds is 9. The first kappa shape index (κ1) is 34.2. The van der Waals surface area contributed by atoms with Crippen molar-refractivity contribution in [3.63, 3.8) is 0 Å². The van der Waals surface area contributed by atoms with E-state index in [4.69, 9.17) is 4.42 Å². The van der Waals surface area contributed by atoms with Crippen LogP contribution in [0.3, 0.4) is 0 Å². The standard InChI is InChI=1S/C56H44N2O/c1-3-9-46(10-4-1)57(48-25-17-39(18-26-48)38-15-23-44(24-16-38)56-36-42-33-45(56)34-43(42)37-56)49-27-19-40(20-28-49)41-21-29-50(30-22-41)58(47-11-5-2-6-12-47)51-31-32-55-53(35-51)52-13-7-8-14-54(52)59-55/h1-32,35,42-43,45H,33-34,36-37H2. The largest absolute Gasteiger partial charge is 0.456 e. The minimum absolute atomic E-state index is 0.476. The Hall–Kier alpha value is -6.84. The summed E-state index contributed by atoms with van der Waals surface area (Å²) in [7, 11) is 0. The minimum atomic E-state index is 0.476. The summed E-state index contributed by atoms with van der Waals surface area (Å²) in [5, 5.41) is 2.24. The molecule has 1 heterocycles. The summed E-state index contributed by atoms with van der Waals surface area (Å²) in [5.41, 5.74) is 15.4. The van der Waals surface area contributed by atoms with Crippen LogP contribution in [0.5, 0.6) is 0 Å². The average Bonchev–Trinajstić information content (AvgIpc) is 4.13. The van der Waals surface area contributed by atoms with Crippen molar-refractivity contribution in [1.82, 2.24) is 0 Å². The molecule has 0 N–H and O–H groups in total. The predicted molar refractivity (Wildman–Crippen MR) is 245 cm³/mol. The van der Waals surface area contributed by atoms with Crippen molar-refractivity contribution in [2.24, 2.45) is 17.8 Å². The first-order chi connectivity index (χ1) is 29.2. The summed E-state index contributed by atoms with van der Waals surface area (Å²) < 4.78 is 6.16. The van der Waals surface area contributed by atoms with Crippen LogP contribution in [0.25, 0.3) is 44.2 Å². The second-order valence-electron chi connectivity index (χ2n) is 17.1. The number of para-hydroxylation sites is 3. The molecule has 3 nitrogen and oxygen atoms in total. The maximum atomic E-state index is 6.16. The fourth-order valence-electron chi connectivity index (χ4n) is 11.3. The summed E-state index contributed by atoms with van der Waals surface area (Å²) in [4.78, 5) is 4.66. The lowest BCUT2D eigenvalue weighted by molar-refractivity contribution is 0.371. The van der Waals surface area contributed by atoms with Crippen LogP contribution >= 0.6 is 0 Å². The Balaban J connectivity index is 0.822. The van der Waals surface area contributed by atoms with Gasteiger partial charge in [-0.25, -0.2) is 0 Å². The molecule has 2 unspecified atom stereocenters. The summed E-state index contributed by atoms with van der Waals surface area (Å²) in [6.07, 6.45) is 5.80. The molecule has 8 aromatic carbocycles. The fraction of sp³-hybridized carbons (Fsp3) is 0.143. The zero-order chi connectivity index (χ0) is 38.9. The maximum absolute atomic E-state index is 6.16. The van der Waals surface area contributed by atoms with E-state index in [1.165, 1.54) is 47.9 Å². The Bertz CT molecular complexity index is 2920. The van der Waals surface area contributed by atoms with Crippen LogP contribution in [0.4, 0.5) is 34.1 Å². The van der Waals surface area contributed by atoms with Gasteiger partial charge in [-0.2, -0.15) is 0 Å². The summed E-state index contributed by atoms with van der Waals surface area (Å²) in [6, 6.07) is 72.5. The van der Waals surface area contributed by atoms with Crippen molar-refractivity contribution < 1.29 is 4.42 Å². The number of nitrogens with zero attached hydrogens (tertiary/aromatic N) is 2. The van der Waals surface area contributed by atoms with E-state index in [-0.39, 0.29) is 0 Å². The number of benzene rings is 8. The minimum Gasteiger partial charge on any atom is -0.456 e. The molecule has 4 fully saturated rings. The summed E-state index contributed by atoms with van der Waals surface area (Å²) >= 11 is 0. The molecule has 0 saturated heterocycles. The van der Waals surface area contributed by atoms with Gasteiger partial charge in [-0.15, -0.1) is 0 Å². The van der Waals surface area contributed by atoms with Crippen LogP contribution in [0.15, 0.2) is 205 Å². The van der Waals surface area contributed by atoms with Crippen molar-refractivity contribution in [2.45, 2.75) is 31.1 Å². The Morgan fingerprint density at radius 3 is 1.27 bits per heavy atom. The number of fused-ring (bicyclic) bond motifs is 3. The average molecular weight is 761 g/mol.